The van der Waals surface area contributed by atoms with Gasteiger partial charge in [-0.3, -0.25) is 9.59 Å². The van der Waals surface area contributed by atoms with E-state index in [4.69, 9.17) is 16.0 Å². The maximum atomic E-state index is 12.3. The van der Waals surface area contributed by atoms with Crippen molar-refractivity contribution in [1.29, 1.82) is 0 Å². The topological polar surface area (TPSA) is 130 Å². The van der Waals surface area contributed by atoms with Crippen molar-refractivity contribution in [3.05, 3.63) is 87.2 Å². The van der Waals surface area contributed by atoms with Crippen LogP contribution >= 0.6 is 27.5 Å². The first-order valence-electron chi connectivity index (χ1n) is 9.42. The molecule has 0 spiro atoms. The smallest absolute Gasteiger partial charge is 0.329 e. The first-order chi connectivity index (χ1) is 15.7. The third kappa shape index (κ3) is 7.53. The minimum absolute atomic E-state index is 0.0777. The molecule has 0 aliphatic carbocycles. The van der Waals surface area contributed by atoms with Crippen molar-refractivity contribution in [2.24, 2.45) is 5.10 Å². The van der Waals surface area contributed by atoms with Crippen LogP contribution in [0.3, 0.4) is 0 Å². The first kappa shape index (κ1) is 24.6. The number of hydrazone groups is 1. The second-order valence-corrected chi connectivity index (χ2v) is 9.71. The van der Waals surface area contributed by atoms with Gasteiger partial charge >= 0.3 is 11.8 Å². The molecular weight excluding hydrogens is 536 g/mol. The Morgan fingerprint density at radius 3 is 2.36 bits per heavy atom. The summed E-state index contributed by atoms with van der Waals surface area (Å²) in [5.41, 5.74) is 2.87. The summed E-state index contributed by atoms with van der Waals surface area (Å²) in [4.78, 5) is 23.8. The molecule has 3 N–H and O–H groups in total. The average Bonchev–Trinajstić information content (AvgIpc) is 3.25. The van der Waals surface area contributed by atoms with E-state index in [9.17, 15) is 18.0 Å². The van der Waals surface area contributed by atoms with Gasteiger partial charge in [-0.25, -0.2) is 18.6 Å². The number of furan rings is 1. The van der Waals surface area contributed by atoms with Crippen molar-refractivity contribution < 1.29 is 22.4 Å². The summed E-state index contributed by atoms with van der Waals surface area (Å²) >= 11 is 9.05. The number of nitrogens with zero attached hydrogens (tertiary/aromatic N) is 1. The van der Waals surface area contributed by atoms with E-state index in [0.717, 1.165) is 10.0 Å². The van der Waals surface area contributed by atoms with E-state index in [0.29, 0.717) is 10.8 Å². The minimum atomic E-state index is -3.70. The van der Waals surface area contributed by atoms with Gasteiger partial charge in [0, 0.05) is 16.0 Å². The molecule has 3 rings (SSSR count). The fourth-order valence-corrected chi connectivity index (χ4v) is 3.88. The van der Waals surface area contributed by atoms with Crippen molar-refractivity contribution in [3.63, 3.8) is 0 Å². The molecule has 0 fully saturated rings. The second kappa shape index (κ2) is 11.2. The van der Waals surface area contributed by atoms with Crippen molar-refractivity contribution >= 4 is 55.6 Å². The van der Waals surface area contributed by atoms with E-state index in [1.54, 1.807) is 48.5 Å². The summed E-state index contributed by atoms with van der Waals surface area (Å²) in [6, 6.07) is 16.1. The molecule has 0 aliphatic heterocycles. The number of hydrogen-bond donors (Lipinski definition) is 3. The molecular formula is C21H18BrClN4O5S. The number of halogens is 2. The molecule has 0 saturated carbocycles. The lowest BCUT2D eigenvalue weighted by Gasteiger charge is -2.05. The van der Waals surface area contributed by atoms with Crippen LogP contribution in [0.2, 0.25) is 5.02 Å². The van der Waals surface area contributed by atoms with Crippen LogP contribution in [0.1, 0.15) is 17.1 Å². The summed E-state index contributed by atoms with van der Waals surface area (Å²) < 4.78 is 33.3. The fourth-order valence-electron chi connectivity index (χ4n) is 2.49. The lowest BCUT2D eigenvalue weighted by molar-refractivity contribution is -0.139. The quantitative estimate of drug-likeness (QED) is 0.224. The van der Waals surface area contributed by atoms with Crippen LogP contribution in [0.15, 0.2) is 79.6 Å². The molecule has 33 heavy (non-hydrogen) atoms. The molecule has 1 heterocycles. The van der Waals surface area contributed by atoms with Crippen LogP contribution in [0.4, 0.5) is 0 Å². The summed E-state index contributed by atoms with van der Waals surface area (Å²) in [7, 11) is -3.70. The predicted molar refractivity (Wildman–Crippen MR) is 126 cm³/mol. The Bertz CT molecular complexity index is 1260. The van der Waals surface area contributed by atoms with E-state index in [-0.39, 0.29) is 23.7 Å². The number of hydrogen-bond acceptors (Lipinski definition) is 6. The number of nitrogens with one attached hydrogen (secondary N) is 3. The van der Waals surface area contributed by atoms with Crippen molar-refractivity contribution in [3.8, 4) is 0 Å². The average molecular weight is 554 g/mol. The van der Waals surface area contributed by atoms with Gasteiger partial charge in [0.2, 0.25) is 10.0 Å². The SMILES string of the molecule is O=C(NCc1ccc(Cl)cc1)C(=O)N/N=C/c1ccc(CNS(=O)(=O)c2ccc(Br)cc2)o1. The zero-order valence-corrected chi connectivity index (χ0v) is 20.1. The number of amides is 2. The number of benzene rings is 2. The first-order valence-corrected chi connectivity index (χ1v) is 12.1. The number of rotatable bonds is 8. The molecule has 9 nitrogen and oxygen atoms in total. The highest BCUT2D eigenvalue weighted by atomic mass is 79.9. The lowest BCUT2D eigenvalue weighted by atomic mass is 10.2. The van der Waals surface area contributed by atoms with Crippen LogP contribution in [-0.2, 0) is 32.7 Å². The molecule has 1 aromatic heterocycles. The third-order valence-corrected chi connectivity index (χ3v) is 6.37. The molecule has 172 valence electrons. The van der Waals surface area contributed by atoms with E-state index in [1.165, 1.54) is 18.3 Å². The number of carbonyl (C=O) groups excluding carboxylic acids is 2. The highest BCUT2D eigenvalue weighted by molar-refractivity contribution is 9.10. The van der Waals surface area contributed by atoms with Crippen LogP contribution in [0.25, 0.3) is 0 Å². The van der Waals surface area contributed by atoms with Crippen LogP contribution in [-0.4, -0.2) is 26.4 Å². The molecule has 2 aromatic carbocycles. The predicted octanol–water partition coefficient (Wildman–Crippen LogP) is 2.94. The van der Waals surface area contributed by atoms with Crippen molar-refractivity contribution in [2.45, 2.75) is 18.0 Å². The van der Waals surface area contributed by atoms with Crippen LogP contribution < -0.4 is 15.5 Å². The molecule has 0 radical (unpaired) electrons. The Morgan fingerprint density at radius 1 is 0.970 bits per heavy atom. The highest BCUT2D eigenvalue weighted by Gasteiger charge is 2.15. The fraction of sp³-hybridized carbons (Fsp3) is 0.0952. The Morgan fingerprint density at radius 2 is 1.67 bits per heavy atom. The van der Waals surface area contributed by atoms with Crippen molar-refractivity contribution in [2.75, 3.05) is 0 Å². The summed E-state index contributed by atoms with van der Waals surface area (Å²) in [5.74, 6) is -1.21. The van der Waals surface area contributed by atoms with Crippen LogP contribution in [0.5, 0.6) is 0 Å². The van der Waals surface area contributed by atoms with Gasteiger partial charge in [-0.1, -0.05) is 39.7 Å². The monoisotopic (exact) mass is 552 g/mol. The Kier molecular flexibility index (Phi) is 8.39. The van der Waals surface area contributed by atoms with Crippen molar-refractivity contribution in [1.82, 2.24) is 15.5 Å². The number of sulfonamides is 1. The molecule has 3 aromatic rings. The Labute approximate surface area is 203 Å². The molecule has 0 saturated heterocycles. The Balaban J connectivity index is 1.46. The maximum absolute atomic E-state index is 12.3. The Hall–Kier alpha value is -2.99. The van der Waals surface area contributed by atoms with E-state index >= 15 is 0 Å². The molecule has 0 aliphatic rings. The standard InChI is InChI=1S/C21H18BrClN4O5S/c22-15-3-9-19(10-4-15)33(30,31)26-13-18-8-7-17(32-18)12-25-27-21(29)20(28)24-11-14-1-5-16(23)6-2-14/h1-10,12,26H,11,13H2,(H,24,28)(H,27,29)/b25-12+. The van der Waals surface area contributed by atoms with Gasteiger partial charge in [0.05, 0.1) is 17.7 Å². The third-order valence-electron chi connectivity index (χ3n) is 4.17. The maximum Gasteiger partial charge on any atom is 0.329 e. The molecule has 2 amide bonds. The zero-order chi connectivity index (χ0) is 23.8. The molecule has 0 atom stereocenters. The summed E-state index contributed by atoms with van der Waals surface area (Å²) in [6.07, 6.45) is 1.19. The van der Waals surface area contributed by atoms with Gasteiger partial charge in [0.1, 0.15) is 11.5 Å². The van der Waals surface area contributed by atoms with Gasteiger partial charge in [0.15, 0.2) is 0 Å². The highest BCUT2D eigenvalue weighted by Crippen LogP contribution is 2.15. The molecule has 0 unspecified atom stereocenters. The van der Waals surface area contributed by atoms with Gasteiger partial charge in [-0.2, -0.15) is 5.10 Å². The summed E-state index contributed by atoms with van der Waals surface area (Å²) in [5, 5.41) is 6.70. The number of carbonyl (C=O) groups is 2. The molecule has 12 heteroatoms. The van der Waals surface area contributed by atoms with Gasteiger partial charge in [-0.05, 0) is 54.1 Å². The van der Waals surface area contributed by atoms with Crippen LogP contribution in [0, 0.1) is 0 Å². The summed E-state index contributed by atoms with van der Waals surface area (Å²) in [6.45, 7) is 0.0799. The zero-order valence-electron chi connectivity index (χ0n) is 16.9. The lowest BCUT2D eigenvalue weighted by Crippen LogP contribution is -2.37. The van der Waals surface area contributed by atoms with E-state index in [1.807, 2.05) is 0 Å². The van der Waals surface area contributed by atoms with E-state index in [2.05, 4.69) is 36.5 Å². The molecule has 0 bridgehead atoms. The second-order valence-electron chi connectivity index (χ2n) is 6.59. The van der Waals surface area contributed by atoms with Gasteiger partial charge in [-0.15, -0.1) is 0 Å². The largest absolute Gasteiger partial charge is 0.459 e. The van der Waals surface area contributed by atoms with Gasteiger partial charge in [0.25, 0.3) is 0 Å². The van der Waals surface area contributed by atoms with Gasteiger partial charge < -0.3 is 9.73 Å². The normalized spacial score (nSPS) is 11.5. The minimum Gasteiger partial charge on any atom is -0.459 e. The van der Waals surface area contributed by atoms with E-state index < -0.39 is 21.8 Å².